The smallest absolute Gasteiger partial charge is 0.317 e. The first-order valence-electron chi connectivity index (χ1n) is 5.90. The Morgan fingerprint density at radius 3 is 2.31 bits per heavy atom. The lowest BCUT2D eigenvalue weighted by molar-refractivity contribution is 0.200. The van der Waals surface area contributed by atoms with Crippen LogP contribution in [-0.4, -0.2) is 42.6 Å². The van der Waals surface area contributed by atoms with Gasteiger partial charge in [-0.3, -0.25) is 0 Å². The standard InChI is InChI=1S/C12H25N3O/c1-11(2,3)9-7-15(10(16)14-9)8-12(4,5)13-6/h9,13H,7-8H2,1-6H3,(H,14,16). The van der Waals surface area contributed by atoms with Gasteiger partial charge in [0.05, 0.1) is 6.04 Å². The molecule has 4 nitrogen and oxygen atoms in total. The van der Waals surface area contributed by atoms with E-state index in [0.717, 1.165) is 13.1 Å². The van der Waals surface area contributed by atoms with Crippen LogP contribution in [-0.2, 0) is 0 Å². The van der Waals surface area contributed by atoms with Crippen LogP contribution in [0.2, 0.25) is 0 Å². The lowest BCUT2D eigenvalue weighted by Crippen LogP contribution is -2.48. The number of nitrogens with zero attached hydrogens (tertiary/aromatic N) is 1. The Kier molecular flexibility index (Phi) is 3.53. The topological polar surface area (TPSA) is 44.4 Å². The van der Waals surface area contributed by atoms with E-state index in [4.69, 9.17) is 0 Å². The summed E-state index contributed by atoms with van der Waals surface area (Å²) in [6.45, 7) is 12.2. The molecule has 0 saturated carbocycles. The summed E-state index contributed by atoms with van der Waals surface area (Å²) in [7, 11) is 1.93. The van der Waals surface area contributed by atoms with Crippen molar-refractivity contribution in [1.29, 1.82) is 0 Å². The van der Waals surface area contributed by atoms with E-state index in [1.54, 1.807) is 0 Å². The van der Waals surface area contributed by atoms with Gasteiger partial charge in [0.1, 0.15) is 0 Å². The summed E-state index contributed by atoms with van der Waals surface area (Å²) in [4.78, 5) is 13.7. The minimum absolute atomic E-state index is 0.0376. The first-order valence-corrected chi connectivity index (χ1v) is 5.90. The van der Waals surface area contributed by atoms with Gasteiger partial charge >= 0.3 is 6.03 Å². The average Bonchev–Trinajstić information content (AvgIpc) is 2.47. The van der Waals surface area contributed by atoms with Crippen LogP contribution in [0.25, 0.3) is 0 Å². The minimum Gasteiger partial charge on any atom is -0.333 e. The number of nitrogens with one attached hydrogen (secondary N) is 2. The van der Waals surface area contributed by atoms with Crippen LogP contribution < -0.4 is 10.6 Å². The van der Waals surface area contributed by atoms with Crippen molar-refractivity contribution in [3.8, 4) is 0 Å². The maximum absolute atomic E-state index is 11.8. The van der Waals surface area contributed by atoms with Gasteiger partial charge in [-0.05, 0) is 26.3 Å². The molecule has 94 valence electrons. The highest BCUT2D eigenvalue weighted by atomic mass is 16.2. The van der Waals surface area contributed by atoms with E-state index in [1.807, 2.05) is 11.9 Å². The zero-order valence-corrected chi connectivity index (χ0v) is 11.3. The third kappa shape index (κ3) is 3.11. The highest BCUT2D eigenvalue weighted by Crippen LogP contribution is 2.24. The van der Waals surface area contributed by atoms with E-state index in [9.17, 15) is 4.79 Å². The second kappa shape index (κ2) is 4.24. The quantitative estimate of drug-likeness (QED) is 0.766. The maximum Gasteiger partial charge on any atom is 0.317 e. The lowest BCUT2D eigenvalue weighted by Gasteiger charge is -2.30. The molecule has 0 aromatic rings. The summed E-state index contributed by atoms with van der Waals surface area (Å²) in [5.74, 6) is 0. The number of hydrogen-bond acceptors (Lipinski definition) is 2. The second-order valence-electron chi connectivity index (χ2n) is 6.38. The number of carbonyl (C=O) groups excluding carboxylic acids is 1. The summed E-state index contributed by atoms with van der Waals surface area (Å²) < 4.78 is 0. The molecule has 1 fully saturated rings. The molecule has 0 aromatic heterocycles. The molecular formula is C12H25N3O. The summed E-state index contributed by atoms with van der Waals surface area (Å²) in [6, 6.07) is 0.302. The van der Waals surface area contributed by atoms with Gasteiger partial charge in [0, 0.05) is 18.6 Å². The molecule has 0 spiro atoms. The van der Waals surface area contributed by atoms with Crippen LogP contribution in [0.1, 0.15) is 34.6 Å². The fourth-order valence-corrected chi connectivity index (χ4v) is 1.77. The van der Waals surface area contributed by atoms with Crippen molar-refractivity contribution >= 4 is 6.03 Å². The van der Waals surface area contributed by atoms with Crippen molar-refractivity contribution in [3.63, 3.8) is 0 Å². The van der Waals surface area contributed by atoms with Crippen molar-refractivity contribution in [2.24, 2.45) is 5.41 Å². The predicted molar refractivity (Wildman–Crippen MR) is 66.5 cm³/mol. The van der Waals surface area contributed by atoms with E-state index in [2.05, 4.69) is 45.3 Å². The minimum atomic E-state index is -0.0376. The molecule has 0 radical (unpaired) electrons. The molecule has 1 unspecified atom stereocenters. The van der Waals surface area contributed by atoms with Gasteiger partial charge in [0.25, 0.3) is 0 Å². The van der Waals surface area contributed by atoms with Gasteiger partial charge in [-0.1, -0.05) is 20.8 Å². The Morgan fingerprint density at radius 1 is 1.38 bits per heavy atom. The molecule has 1 saturated heterocycles. The molecule has 2 N–H and O–H groups in total. The average molecular weight is 227 g/mol. The molecule has 1 atom stereocenters. The van der Waals surface area contributed by atoms with E-state index in [1.165, 1.54) is 0 Å². The molecule has 2 amide bonds. The number of urea groups is 1. The Hall–Kier alpha value is -0.770. The van der Waals surface area contributed by atoms with Gasteiger partial charge < -0.3 is 15.5 Å². The van der Waals surface area contributed by atoms with Crippen LogP contribution in [0.3, 0.4) is 0 Å². The molecular weight excluding hydrogens is 202 g/mol. The van der Waals surface area contributed by atoms with E-state index < -0.39 is 0 Å². The number of likely N-dealkylation sites (N-methyl/N-ethyl adjacent to an activating group) is 1. The van der Waals surface area contributed by atoms with Gasteiger partial charge in [-0.15, -0.1) is 0 Å². The maximum atomic E-state index is 11.8. The summed E-state index contributed by atoms with van der Waals surface area (Å²) in [6.07, 6.45) is 0. The van der Waals surface area contributed by atoms with Crippen LogP contribution >= 0.6 is 0 Å². The number of hydrogen-bond donors (Lipinski definition) is 2. The SMILES string of the molecule is CNC(C)(C)CN1CC(C(C)(C)C)NC1=O. The Labute approximate surface area is 98.8 Å². The zero-order chi connectivity index (χ0) is 12.6. The van der Waals surface area contributed by atoms with E-state index >= 15 is 0 Å². The fourth-order valence-electron chi connectivity index (χ4n) is 1.77. The van der Waals surface area contributed by atoms with E-state index in [-0.39, 0.29) is 23.0 Å². The van der Waals surface area contributed by atoms with Crippen molar-refractivity contribution in [3.05, 3.63) is 0 Å². The molecule has 0 bridgehead atoms. The normalized spacial score (nSPS) is 22.5. The molecule has 1 rings (SSSR count). The highest BCUT2D eigenvalue weighted by Gasteiger charge is 2.37. The summed E-state index contributed by atoms with van der Waals surface area (Å²) in [5, 5.41) is 6.27. The Balaban J connectivity index is 2.62. The largest absolute Gasteiger partial charge is 0.333 e. The van der Waals surface area contributed by atoms with Crippen molar-refractivity contribution in [2.75, 3.05) is 20.1 Å². The Morgan fingerprint density at radius 2 is 1.94 bits per heavy atom. The molecule has 1 aliphatic heterocycles. The van der Waals surface area contributed by atoms with Crippen molar-refractivity contribution in [2.45, 2.75) is 46.2 Å². The second-order valence-corrected chi connectivity index (χ2v) is 6.38. The monoisotopic (exact) mass is 227 g/mol. The Bertz CT molecular complexity index is 268. The third-order valence-electron chi connectivity index (χ3n) is 3.30. The molecule has 1 heterocycles. The zero-order valence-electron chi connectivity index (χ0n) is 11.3. The number of rotatable bonds is 3. The molecule has 16 heavy (non-hydrogen) atoms. The number of carbonyl (C=O) groups is 1. The van der Waals surface area contributed by atoms with Crippen LogP contribution in [0.15, 0.2) is 0 Å². The predicted octanol–water partition coefficient (Wildman–Crippen LogP) is 1.42. The van der Waals surface area contributed by atoms with Gasteiger partial charge in [0.15, 0.2) is 0 Å². The fraction of sp³-hybridized carbons (Fsp3) is 0.917. The first-order chi connectivity index (χ1) is 7.15. The molecule has 4 heteroatoms. The van der Waals surface area contributed by atoms with Crippen LogP contribution in [0.5, 0.6) is 0 Å². The first kappa shape index (κ1) is 13.3. The van der Waals surface area contributed by atoms with Gasteiger partial charge in [-0.2, -0.15) is 0 Å². The van der Waals surface area contributed by atoms with Gasteiger partial charge in [0.2, 0.25) is 0 Å². The molecule has 0 aromatic carbocycles. The molecule has 1 aliphatic rings. The van der Waals surface area contributed by atoms with Crippen LogP contribution in [0.4, 0.5) is 4.79 Å². The lowest BCUT2D eigenvalue weighted by atomic mass is 9.87. The van der Waals surface area contributed by atoms with Crippen molar-refractivity contribution < 1.29 is 4.79 Å². The molecule has 0 aliphatic carbocycles. The summed E-state index contributed by atoms with van der Waals surface area (Å²) in [5.41, 5.74) is 0.0817. The number of amides is 2. The van der Waals surface area contributed by atoms with Crippen LogP contribution in [0, 0.1) is 5.41 Å². The van der Waals surface area contributed by atoms with Crippen molar-refractivity contribution in [1.82, 2.24) is 15.5 Å². The third-order valence-corrected chi connectivity index (χ3v) is 3.30. The summed E-state index contributed by atoms with van der Waals surface area (Å²) >= 11 is 0. The van der Waals surface area contributed by atoms with Gasteiger partial charge in [-0.25, -0.2) is 4.79 Å². The van der Waals surface area contributed by atoms with E-state index in [0.29, 0.717) is 0 Å². The highest BCUT2D eigenvalue weighted by molar-refractivity contribution is 5.77.